The Hall–Kier alpha value is -7.67. The molecular weight excluding hydrogens is 931 g/mol. The minimum Gasteiger partial charge on any atom is -0.392 e. The van der Waals surface area contributed by atoms with E-state index in [4.69, 9.17) is 0 Å². The number of benzene rings is 1. The zero-order chi connectivity index (χ0) is 51.3. The van der Waals surface area contributed by atoms with Crippen LogP contribution in [-0.4, -0.2) is 114 Å². The maximum atomic E-state index is 14.0. The first-order chi connectivity index (χ1) is 35.1. The topological polar surface area (TPSA) is 224 Å². The van der Waals surface area contributed by atoms with Crippen molar-refractivity contribution in [1.82, 2.24) is 34.2 Å². The van der Waals surface area contributed by atoms with Crippen LogP contribution in [0, 0.1) is 5.41 Å². The average Bonchev–Trinajstić information content (AvgIpc) is 3.96. The summed E-state index contributed by atoms with van der Waals surface area (Å²) in [5.74, 6) is -1.31. The number of nitrogens with one attached hydrogen (secondary N) is 3. The predicted octanol–water partition coefficient (Wildman–Crippen LogP) is 5.17. The molecule has 73 heavy (non-hydrogen) atoms. The number of carbonyl (C=O) groups is 6. The number of unbranched alkanes of at least 4 members (excludes halogenated alkanes) is 3. The first-order valence-corrected chi connectivity index (χ1v) is 25.3. The van der Waals surface area contributed by atoms with E-state index in [1.54, 1.807) is 60.9 Å². The Morgan fingerprint density at radius 2 is 1.70 bits per heavy atom. The van der Waals surface area contributed by atoms with Gasteiger partial charge in [0.2, 0.25) is 17.7 Å². The third-order valence-corrected chi connectivity index (χ3v) is 15.0. The highest BCUT2D eigenvalue weighted by atomic mass is 16.3. The average molecular weight is 992 g/mol. The van der Waals surface area contributed by atoms with Gasteiger partial charge in [-0.1, -0.05) is 32.8 Å². The van der Waals surface area contributed by atoms with Crippen LogP contribution >= 0.6 is 0 Å². The third-order valence-electron chi connectivity index (χ3n) is 15.0. The molecule has 2 atom stereocenters. The van der Waals surface area contributed by atoms with Crippen molar-refractivity contribution in [3.8, 4) is 11.1 Å². The van der Waals surface area contributed by atoms with Crippen LogP contribution in [0.3, 0.4) is 0 Å². The van der Waals surface area contributed by atoms with Gasteiger partial charge in [-0.3, -0.25) is 48.7 Å². The molecule has 1 aromatic carbocycles. The highest BCUT2D eigenvalue weighted by Gasteiger charge is 2.46. The van der Waals surface area contributed by atoms with Gasteiger partial charge in [-0.15, -0.1) is 0 Å². The highest BCUT2D eigenvalue weighted by molar-refractivity contribution is 6.25. The van der Waals surface area contributed by atoms with Crippen molar-refractivity contribution in [2.75, 3.05) is 53.2 Å². The molecule has 19 nitrogen and oxygen atoms in total. The predicted molar refractivity (Wildman–Crippen MR) is 274 cm³/mol. The lowest BCUT2D eigenvalue weighted by Gasteiger charge is -2.41. The molecular formula is C54H61N11O8. The Bertz CT molecular complexity index is 3120. The number of aliphatic hydroxyl groups excluding tert-OH is 1. The van der Waals surface area contributed by atoms with E-state index in [0.29, 0.717) is 85.4 Å². The van der Waals surface area contributed by atoms with Gasteiger partial charge < -0.3 is 34.7 Å². The number of aliphatic hydroxyl groups is 1. The summed E-state index contributed by atoms with van der Waals surface area (Å²) in [4.78, 5) is 108. The summed E-state index contributed by atoms with van der Waals surface area (Å²) in [6.45, 7) is 9.62. The summed E-state index contributed by atoms with van der Waals surface area (Å²) >= 11 is 0. The van der Waals surface area contributed by atoms with Crippen LogP contribution in [0.15, 0.2) is 71.9 Å². The summed E-state index contributed by atoms with van der Waals surface area (Å²) in [6, 6.07) is 13.3. The molecule has 2 saturated heterocycles. The molecule has 5 aromatic rings. The zero-order valence-electron chi connectivity index (χ0n) is 41.7. The van der Waals surface area contributed by atoms with E-state index in [2.05, 4.69) is 56.2 Å². The summed E-state index contributed by atoms with van der Waals surface area (Å²) in [6.07, 6.45) is 10.8. The molecule has 4 aromatic heterocycles. The lowest BCUT2D eigenvalue weighted by molar-refractivity contribution is -0.136. The number of nitrogens with zero attached hydrogens (tertiary/aromatic N) is 8. The largest absolute Gasteiger partial charge is 0.392 e. The second kappa shape index (κ2) is 19.7. The monoisotopic (exact) mass is 991 g/mol. The van der Waals surface area contributed by atoms with Gasteiger partial charge in [-0.05, 0) is 98.0 Å². The number of pyridine rings is 3. The highest BCUT2D eigenvalue weighted by Crippen LogP contribution is 2.40. The van der Waals surface area contributed by atoms with Crippen molar-refractivity contribution >= 4 is 64.1 Å². The number of hydrogen-bond acceptors (Lipinski definition) is 13. The van der Waals surface area contributed by atoms with E-state index >= 15 is 0 Å². The fourth-order valence-corrected chi connectivity index (χ4v) is 11.3. The number of fused-ring (bicyclic) bond motifs is 4. The number of aryl methyl sites for hydroxylation is 1. The molecule has 2 unspecified atom stereocenters. The number of piperidine rings is 1. The van der Waals surface area contributed by atoms with Crippen molar-refractivity contribution in [2.45, 2.75) is 104 Å². The van der Waals surface area contributed by atoms with Crippen LogP contribution in [-0.2, 0) is 47.4 Å². The van der Waals surface area contributed by atoms with Gasteiger partial charge in [0, 0.05) is 100 Å². The summed E-state index contributed by atoms with van der Waals surface area (Å²) < 4.78 is 3.63. The van der Waals surface area contributed by atoms with Crippen LogP contribution in [0.5, 0.6) is 0 Å². The maximum Gasteiger partial charge on any atom is 0.276 e. The summed E-state index contributed by atoms with van der Waals surface area (Å²) in [5.41, 5.74) is 6.99. The standard InChI is InChI=1S/C54H61N11O8/c1-32-29-61(46(68)12-7-5-6-8-18-55-39-11-9-10-37-47(39)53(73)65(50(37)70)41-14-16-45(67)59-49(41)69)20-21-62(32)35-13-15-44(57-28-35)58-40-24-34(30-60(4)51(40)71)36-17-19-56-48(38(36)31-66)64-23-22-63-42(52(64)72)25-33-26-54(2,3)27-43(33)63/h9-11,13,15,17,19,24-25,28,30,32,41,55,66H,5-8,12,14,16,18,20-23,26-27,29,31H2,1-4H3,(H,57,58)(H,59,67,69). The summed E-state index contributed by atoms with van der Waals surface area (Å²) in [5, 5.41) is 19.5. The van der Waals surface area contributed by atoms with Gasteiger partial charge in [0.25, 0.3) is 23.3 Å². The minimum absolute atomic E-state index is 0.0379. The van der Waals surface area contributed by atoms with Gasteiger partial charge >= 0.3 is 0 Å². The molecule has 380 valence electrons. The van der Waals surface area contributed by atoms with E-state index in [1.165, 1.54) is 15.8 Å². The van der Waals surface area contributed by atoms with E-state index < -0.39 is 29.7 Å². The van der Waals surface area contributed by atoms with Crippen molar-refractivity contribution in [3.63, 3.8) is 0 Å². The van der Waals surface area contributed by atoms with Gasteiger partial charge in [0.1, 0.15) is 29.1 Å². The molecule has 2 fully saturated rings. The Morgan fingerprint density at radius 3 is 2.47 bits per heavy atom. The number of amides is 6. The second-order valence-electron chi connectivity index (χ2n) is 20.7. The smallest absolute Gasteiger partial charge is 0.276 e. The number of rotatable bonds is 15. The fraction of sp³-hybridized carbons (Fsp3) is 0.426. The molecule has 5 aliphatic rings. The molecule has 0 saturated carbocycles. The van der Waals surface area contributed by atoms with Crippen LogP contribution in [0.1, 0.15) is 114 Å². The number of carbonyl (C=O) groups excluding carboxylic acids is 6. The molecule has 19 heteroatoms. The fourth-order valence-electron chi connectivity index (χ4n) is 11.3. The lowest BCUT2D eigenvalue weighted by Crippen LogP contribution is -2.54. The van der Waals surface area contributed by atoms with Gasteiger partial charge in [-0.25, -0.2) is 9.97 Å². The SMILES string of the molecule is CC1CN(C(=O)CCCCCCNc2cccc3c2C(=O)N(C2CCC(=O)NC2=O)C3=O)CCN1c1ccc(Nc2cc(-c3ccnc(N4CCn5c(cc6c5CC(C)(C)C6)C4=O)c3CO)cn(C)c2=O)nc1. The maximum absolute atomic E-state index is 14.0. The summed E-state index contributed by atoms with van der Waals surface area (Å²) in [7, 11) is 1.67. The van der Waals surface area contributed by atoms with Crippen molar-refractivity contribution in [3.05, 3.63) is 111 Å². The van der Waals surface area contributed by atoms with Crippen LogP contribution in [0.4, 0.5) is 28.7 Å². The molecule has 8 heterocycles. The van der Waals surface area contributed by atoms with Gasteiger partial charge in [0.15, 0.2) is 0 Å². The Balaban J connectivity index is 0.698. The van der Waals surface area contributed by atoms with Crippen LogP contribution in [0.25, 0.3) is 11.1 Å². The lowest BCUT2D eigenvalue weighted by atomic mass is 9.90. The molecule has 6 amide bonds. The molecule has 1 aliphatic carbocycles. The zero-order valence-corrected chi connectivity index (χ0v) is 41.7. The molecule has 4 aliphatic heterocycles. The molecule has 0 spiro atoms. The molecule has 0 bridgehead atoms. The Labute approximate surface area is 422 Å². The molecule has 0 radical (unpaired) electrons. The number of anilines is 5. The number of aromatic nitrogens is 4. The van der Waals surface area contributed by atoms with Gasteiger partial charge in [0.05, 0.1) is 29.6 Å². The normalized spacial score (nSPS) is 19.3. The second-order valence-corrected chi connectivity index (χ2v) is 20.7. The number of piperazine rings is 1. The first kappa shape index (κ1) is 48.9. The van der Waals surface area contributed by atoms with Crippen molar-refractivity contribution in [1.29, 1.82) is 0 Å². The molecule has 10 rings (SSSR count). The first-order valence-electron chi connectivity index (χ1n) is 25.3. The van der Waals surface area contributed by atoms with Crippen LogP contribution in [0.2, 0.25) is 0 Å². The van der Waals surface area contributed by atoms with Crippen molar-refractivity contribution in [2.24, 2.45) is 12.5 Å². The van der Waals surface area contributed by atoms with E-state index in [9.17, 15) is 38.7 Å². The van der Waals surface area contributed by atoms with Crippen molar-refractivity contribution < 1.29 is 33.9 Å². The Kier molecular flexibility index (Phi) is 13.2. The third kappa shape index (κ3) is 9.37. The Morgan fingerprint density at radius 1 is 0.877 bits per heavy atom. The minimum atomic E-state index is -1.02. The van der Waals surface area contributed by atoms with Gasteiger partial charge in [-0.2, -0.15) is 0 Å². The van der Waals surface area contributed by atoms with E-state index in [-0.39, 0.29) is 65.1 Å². The molecule has 4 N–H and O–H groups in total. The van der Waals surface area contributed by atoms with E-state index in [0.717, 1.165) is 49.1 Å². The number of hydrogen-bond donors (Lipinski definition) is 4. The quantitative estimate of drug-likeness (QED) is 0.0787. The van der Waals surface area contributed by atoms with E-state index in [1.807, 2.05) is 23.1 Å². The van der Waals surface area contributed by atoms with Crippen LogP contribution < -0.4 is 31.3 Å². The number of imide groups is 2.